The van der Waals surface area contributed by atoms with E-state index < -0.39 is 15.9 Å². The second-order valence-corrected chi connectivity index (χ2v) is 6.56. The third-order valence-electron chi connectivity index (χ3n) is 2.80. The quantitative estimate of drug-likeness (QED) is 0.618. The van der Waals surface area contributed by atoms with E-state index in [2.05, 4.69) is 10.6 Å². The van der Waals surface area contributed by atoms with Crippen LogP contribution < -0.4 is 10.6 Å². The van der Waals surface area contributed by atoms with Gasteiger partial charge in [0.25, 0.3) is 0 Å². The normalized spacial score (nSPS) is 20.6. The molecule has 1 unspecified atom stereocenters. The van der Waals surface area contributed by atoms with Crippen molar-refractivity contribution in [1.29, 1.82) is 0 Å². The minimum absolute atomic E-state index is 0.0771. The molecule has 1 aliphatic heterocycles. The van der Waals surface area contributed by atoms with E-state index >= 15 is 0 Å². The molecule has 0 radical (unpaired) electrons. The Morgan fingerprint density at radius 1 is 1.44 bits per heavy atom. The fourth-order valence-electron chi connectivity index (χ4n) is 1.82. The highest BCUT2D eigenvalue weighted by atomic mass is 32.2. The molecule has 2 N–H and O–H groups in total. The molecular weight excluding hydrogens is 258 g/mol. The molecule has 0 bridgehead atoms. The van der Waals surface area contributed by atoms with E-state index in [4.69, 9.17) is 0 Å². The van der Waals surface area contributed by atoms with Crippen LogP contribution in [0.25, 0.3) is 0 Å². The van der Waals surface area contributed by atoms with E-state index in [9.17, 15) is 18.0 Å². The Bertz CT molecular complexity index is 421. The Balaban J connectivity index is 2.66. The van der Waals surface area contributed by atoms with Crippen LogP contribution in [0.4, 0.5) is 0 Å². The van der Waals surface area contributed by atoms with Gasteiger partial charge in [-0.2, -0.15) is 0 Å². The van der Waals surface area contributed by atoms with E-state index in [-0.39, 0.29) is 24.0 Å². The van der Waals surface area contributed by atoms with Gasteiger partial charge in [0.05, 0.1) is 5.75 Å². The van der Waals surface area contributed by atoms with Crippen molar-refractivity contribution in [3.05, 3.63) is 0 Å². The van der Waals surface area contributed by atoms with Gasteiger partial charge in [-0.3, -0.25) is 9.59 Å². The molecule has 0 aromatic heterocycles. The van der Waals surface area contributed by atoms with Gasteiger partial charge in [-0.25, -0.2) is 8.42 Å². The highest BCUT2D eigenvalue weighted by Gasteiger charge is 2.31. The molecule has 8 heteroatoms. The number of nitrogens with zero attached hydrogens (tertiary/aromatic N) is 1. The lowest BCUT2D eigenvalue weighted by molar-refractivity contribution is -0.141. The van der Waals surface area contributed by atoms with Gasteiger partial charge >= 0.3 is 0 Å². The number of sulfone groups is 1. The molecule has 104 valence electrons. The molecular formula is C10H19N3O4S. The monoisotopic (exact) mass is 277 g/mol. The number of rotatable bonds is 4. The maximum atomic E-state index is 11.9. The van der Waals surface area contributed by atoms with Crippen LogP contribution in [-0.2, 0) is 19.4 Å². The summed E-state index contributed by atoms with van der Waals surface area (Å²) in [7, 11) is -1.65. The summed E-state index contributed by atoms with van der Waals surface area (Å²) in [6.07, 6.45) is 1.01. The predicted molar refractivity (Wildman–Crippen MR) is 66.8 cm³/mol. The van der Waals surface area contributed by atoms with E-state index in [0.29, 0.717) is 19.6 Å². The van der Waals surface area contributed by atoms with Crippen LogP contribution in [0.1, 0.15) is 6.42 Å². The van der Waals surface area contributed by atoms with Crippen LogP contribution in [0, 0.1) is 0 Å². The molecule has 0 saturated carbocycles. The molecule has 0 aromatic carbocycles. The van der Waals surface area contributed by atoms with Crippen LogP contribution in [-0.4, -0.2) is 69.9 Å². The largest absolute Gasteiger partial charge is 0.357 e. The molecule has 0 aliphatic carbocycles. The summed E-state index contributed by atoms with van der Waals surface area (Å²) in [5.41, 5.74) is 0. The van der Waals surface area contributed by atoms with Crippen LogP contribution in [0.2, 0.25) is 0 Å². The van der Waals surface area contributed by atoms with Crippen molar-refractivity contribution in [1.82, 2.24) is 15.5 Å². The van der Waals surface area contributed by atoms with Gasteiger partial charge in [0.2, 0.25) is 11.8 Å². The second-order valence-electron chi connectivity index (χ2n) is 4.30. The van der Waals surface area contributed by atoms with Crippen molar-refractivity contribution in [2.75, 3.05) is 38.7 Å². The van der Waals surface area contributed by atoms with Gasteiger partial charge in [0, 0.05) is 39.4 Å². The van der Waals surface area contributed by atoms with Crippen LogP contribution >= 0.6 is 0 Å². The summed E-state index contributed by atoms with van der Waals surface area (Å²) in [6, 6.07) is -0.559. The van der Waals surface area contributed by atoms with E-state index in [1.807, 2.05) is 0 Å². The van der Waals surface area contributed by atoms with E-state index in [1.54, 1.807) is 0 Å². The molecule has 1 heterocycles. The molecule has 1 fully saturated rings. The first-order valence-electron chi connectivity index (χ1n) is 5.74. The molecule has 1 rings (SSSR count). The zero-order valence-corrected chi connectivity index (χ0v) is 11.4. The average Bonchev–Trinajstić information content (AvgIpc) is 2.34. The Morgan fingerprint density at radius 2 is 2.11 bits per heavy atom. The Morgan fingerprint density at radius 3 is 2.67 bits per heavy atom. The minimum atomic E-state index is -3.16. The minimum Gasteiger partial charge on any atom is -0.357 e. The molecule has 1 atom stereocenters. The van der Waals surface area contributed by atoms with E-state index in [1.165, 1.54) is 11.9 Å². The predicted octanol–water partition coefficient (Wildman–Crippen LogP) is -2.03. The van der Waals surface area contributed by atoms with Crippen LogP contribution in [0.3, 0.4) is 0 Å². The number of carbonyl (C=O) groups is 2. The lowest BCUT2D eigenvalue weighted by atomic mass is 10.1. The zero-order chi connectivity index (χ0) is 13.8. The molecule has 18 heavy (non-hydrogen) atoms. The first-order chi connectivity index (χ1) is 8.35. The summed E-state index contributed by atoms with van der Waals surface area (Å²) in [5, 5.41) is 5.54. The van der Waals surface area contributed by atoms with Gasteiger partial charge in [-0.1, -0.05) is 0 Å². The van der Waals surface area contributed by atoms with Gasteiger partial charge in [0.1, 0.15) is 15.9 Å². The fourth-order valence-corrected chi connectivity index (χ4v) is 2.37. The maximum absolute atomic E-state index is 11.9. The molecule has 7 nitrogen and oxygen atoms in total. The Hall–Kier alpha value is -1.15. The number of carbonyl (C=O) groups excluding carboxylic acids is 2. The van der Waals surface area contributed by atoms with Gasteiger partial charge in [-0.15, -0.1) is 0 Å². The third kappa shape index (κ3) is 4.26. The van der Waals surface area contributed by atoms with Crippen molar-refractivity contribution in [2.45, 2.75) is 12.5 Å². The average molecular weight is 277 g/mol. The van der Waals surface area contributed by atoms with Crippen molar-refractivity contribution in [3.63, 3.8) is 0 Å². The number of piperazine rings is 1. The second kappa shape index (κ2) is 6.14. The number of hydrogen-bond donors (Lipinski definition) is 2. The molecule has 0 aromatic rings. The number of nitrogens with one attached hydrogen (secondary N) is 2. The maximum Gasteiger partial charge on any atom is 0.243 e. The first-order valence-corrected chi connectivity index (χ1v) is 7.80. The fraction of sp³-hybridized carbons (Fsp3) is 0.800. The summed E-state index contributed by atoms with van der Waals surface area (Å²) >= 11 is 0. The Kier molecular flexibility index (Phi) is 5.09. The Labute approximate surface area is 107 Å². The standard InChI is InChI=1S/C10H19N3O4S/c1-11-10(15)8-7-12-4-5-13(8)9(14)3-6-18(2,16)17/h8,12H,3-7H2,1-2H3,(H,11,15). The van der Waals surface area contributed by atoms with Crippen molar-refractivity contribution in [2.24, 2.45) is 0 Å². The zero-order valence-electron chi connectivity index (χ0n) is 10.6. The molecule has 0 spiro atoms. The van der Waals surface area contributed by atoms with Crippen molar-refractivity contribution in [3.8, 4) is 0 Å². The summed E-state index contributed by atoms with van der Waals surface area (Å²) in [6.45, 7) is 1.42. The van der Waals surface area contributed by atoms with E-state index in [0.717, 1.165) is 6.26 Å². The smallest absolute Gasteiger partial charge is 0.243 e. The van der Waals surface area contributed by atoms with Gasteiger partial charge < -0.3 is 15.5 Å². The SMILES string of the molecule is CNC(=O)C1CNCCN1C(=O)CCS(C)(=O)=O. The summed E-state index contributed by atoms with van der Waals surface area (Å²) < 4.78 is 22.1. The topological polar surface area (TPSA) is 95.6 Å². The molecule has 1 saturated heterocycles. The molecule has 2 amide bonds. The highest BCUT2D eigenvalue weighted by Crippen LogP contribution is 2.07. The van der Waals surface area contributed by atoms with Crippen molar-refractivity contribution >= 4 is 21.7 Å². The van der Waals surface area contributed by atoms with Gasteiger partial charge in [0.15, 0.2) is 0 Å². The lowest BCUT2D eigenvalue weighted by Gasteiger charge is -2.34. The molecule has 1 aliphatic rings. The number of amides is 2. The number of likely N-dealkylation sites (N-methyl/N-ethyl adjacent to an activating group) is 1. The first kappa shape index (κ1) is 14.9. The third-order valence-corrected chi connectivity index (χ3v) is 3.75. The number of hydrogen-bond acceptors (Lipinski definition) is 5. The summed E-state index contributed by atoms with van der Waals surface area (Å²) in [5.74, 6) is -0.721. The van der Waals surface area contributed by atoms with Crippen LogP contribution in [0.5, 0.6) is 0 Å². The van der Waals surface area contributed by atoms with Gasteiger partial charge in [-0.05, 0) is 0 Å². The van der Waals surface area contributed by atoms with Crippen molar-refractivity contribution < 1.29 is 18.0 Å². The van der Waals surface area contributed by atoms with Crippen LogP contribution in [0.15, 0.2) is 0 Å². The summed E-state index contributed by atoms with van der Waals surface area (Å²) in [4.78, 5) is 25.0. The highest BCUT2D eigenvalue weighted by molar-refractivity contribution is 7.90. The lowest BCUT2D eigenvalue weighted by Crippen LogP contribution is -2.59.